The molecule has 2 aromatic carbocycles. The topological polar surface area (TPSA) is 69.2 Å². The van der Waals surface area contributed by atoms with E-state index in [9.17, 15) is 0 Å². The molecule has 6 heteroatoms. The lowest BCUT2D eigenvalue weighted by molar-refractivity contribution is 0.0997. The minimum absolute atomic E-state index is 0.0954. The molecule has 3 heterocycles. The molecular weight excluding hydrogens is 364 g/mol. The van der Waals surface area contributed by atoms with Gasteiger partial charge in [-0.1, -0.05) is 36.4 Å². The van der Waals surface area contributed by atoms with Crippen LogP contribution in [-0.2, 0) is 6.42 Å². The molecular formula is C23H20N4O2. The molecule has 1 aliphatic heterocycles. The average molecular weight is 384 g/mol. The predicted octanol–water partition coefficient (Wildman–Crippen LogP) is 3.87. The molecule has 1 N–H and O–H groups in total. The van der Waals surface area contributed by atoms with Gasteiger partial charge in [0.1, 0.15) is 12.7 Å². The van der Waals surface area contributed by atoms with Crippen LogP contribution >= 0.6 is 0 Å². The summed E-state index contributed by atoms with van der Waals surface area (Å²) in [5.41, 5.74) is 2.11. The largest absolute Gasteiger partial charge is 0.486 e. The smallest absolute Gasteiger partial charge is 0.161 e. The summed E-state index contributed by atoms with van der Waals surface area (Å²) < 4.78 is 11.8. The van der Waals surface area contributed by atoms with Crippen LogP contribution in [0.1, 0.15) is 11.3 Å². The normalized spacial score (nSPS) is 15.2. The molecule has 1 atom stereocenters. The van der Waals surface area contributed by atoms with Crippen LogP contribution in [0.3, 0.4) is 0 Å². The number of para-hydroxylation sites is 2. The van der Waals surface area contributed by atoms with Crippen molar-refractivity contribution < 1.29 is 9.47 Å². The molecule has 4 aromatic rings. The first kappa shape index (κ1) is 17.4. The highest BCUT2D eigenvalue weighted by Gasteiger charge is 2.21. The first-order valence-electron chi connectivity index (χ1n) is 9.62. The first-order chi connectivity index (χ1) is 14.4. The summed E-state index contributed by atoms with van der Waals surface area (Å²) in [6, 6.07) is 19.9. The van der Waals surface area contributed by atoms with Gasteiger partial charge in [-0.05, 0) is 29.8 Å². The summed E-state index contributed by atoms with van der Waals surface area (Å²) in [7, 11) is 0. The van der Waals surface area contributed by atoms with Gasteiger partial charge >= 0.3 is 0 Å². The quantitative estimate of drug-likeness (QED) is 0.563. The van der Waals surface area contributed by atoms with Gasteiger partial charge in [-0.15, -0.1) is 5.10 Å². The van der Waals surface area contributed by atoms with Crippen LogP contribution in [0.4, 0.5) is 5.82 Å². The lowest BCUT2D eigenvalue weighted by Gasteiger charge is -2.26. The number of nitrogens with one attached hydrogen (secondary N) is 1. The van der Waals surface area contributed by atoms with Gasteiger partial charge in [-0.25, -0.2) is 0 Å². The Balaban J connectivity index is 1.35. The second-order valence-electron chi connectivity index (χ2n) is 6.95. The SMILES string of the molecule is c1ccc2c(c1)OCC(CNc1nnc(Cc3ccncc3)c3ccccc13)O2. The number of aromatic nitrogens is 3. The number of benzene rings is 2. The van der Waals surface area contributed by atoms with E-state index >= 15 is 0 Å². The van der Waals surface area contributed by atoms with Crippen molar-refractivity contribution in [2.24, 2.45) is 0 Å². The number of nitrogens with zero attached hydrogens (tertiary/aromatic N) is 3. The minimum Gasteiger partial charge on any atom is -0.486 e. The van der Waals surface area contributed by atoms with Crippen molar-refractivity contribution in [2.45, 2.75) is 12.5 Å². The molecule has 0 bridgehead atoms. The van der Waals surface area contributed by atoms with Crippen molar-refractivity contribution in [3.8, 4) is 11.5 Å². The molecule has 0 spiro atoms. The van der Waals surface area contributed by atoms with E-state index in [1.165, 1.54) is 0 Å². The first-order valence-corrected chi connectivity index (χ1v) is 9.62. The maximum absolute atomic E-state index is 6.03. The van der Waals surface area contributed by atoms with Crippen LogP contribution in [0.5, 0.6) is 11.5 Å². The van der Waals surface area contributed by atoms with E-state index in [1.54, 1.807) is 12.4 Å². The number of ether oxygens (including phenoxy) is 2. The summed E-state index contributed by atoms with van der Waals surface area (Å²) in [6.07, 6.45) is 4.21. The number of fused-ring (bicyclic) bond motifs is 2. The predicted molar refractivity (Wildman–Crippen MR) is 111 cm³/mol. The van der Waals surface area contributed by atoms with E-state index in [4.69, 9.17) is 9.47 Å². The Hall–Kier alpha value is -3.67. The number of hydrogen-bond acceptors (Lipinski definition) is 6. The van der Waals surface area contributed by atoms with E-state index in [0.29, 0.717) is 19.6 Å². The lowest BCUT2D eigenvalue weighted by atomic mass is 10.1. The highest BCUT2D eigenvalue weighted by Crippen LogP contribution is 2.31. The molecule has 2 aromatic heterocycles. The van der Waals surface area contributed by atoms with Crippen LogP contribution in [-0.4, -0.2) is 34.4 Å². The van der Waals surface area contributed by atoms with E-state index in [0.717, 1.165) is 39.3 Å². The summed E-state index contributed by atoms with van der Waals surface area (Å²) in [5, 5.41) is 14.5. The van der Waals surface area contributed by atoms with Crippen LogP contribution in [0.15, 0.2) is 73.1 Å². The molecule has 0 saturated carbocycles. The molecule has 0 radical (unpaired) electrons. The van der Waals surface area contributed by atoms with Crippen LogP contribution in [0.25, 0.3) is 10.8 Å². The summed E-state index contributed by atoms with van der Waals surface area (Å²) in [4.78, 5) is 4.08. The number of anilines is 1. The van der Waals surface area contributed by atoms with Gasteiger partial charge in [0, 0.05) is 29.6 Å². The zero-order chi connectivity index (χ0) is 19.5. The second kappa shape index (κ2) is 7.75. The van der Waals surface area contributed by atoms with Crippen molar-refractivity contribution in [3.63, 3.8) is 0 Å². The molecule has 1 unspecified atom stereocenters. The number of pyridine rings is 1. The molecule has 1 aliphatic rings. The van der Waals surface area contributed by atoms with E-state index < -0.39 is 0 Å². The summed E-state index contributed by atoms with van der Waals surface area (Å²) in [5.74, 6) is 2.31. The summed E-state index contributed by atoms with van der Waals surface area (Å²) in [6.45, 7) is 1.08. The molecule has 6 nitrogen and oxygen atoms in total. The van der Waals surface area contributed by atoms with Gasteiger partial charge in [-0.2, -0.15) is 5.10 Å². The van der Waals surface area contributed by atoms with Crippen molar-refractivity contribution in [3.05, 3.63) is 84.3 Å². The molecule has 0 amide bonds. The second-order valence-corrected chi connectivity index (χ2v) is 6.95. The third-order valence-electron chi connectivity index (χ3n) is 4.95. The van der Waals surface area contributed by atoms with Crippen molar-refractivity contribution in [2.75, 3.05) is 18.5 Å². The molecule has 0 aliphatic carbocycles. The minimum atomic E-state index is -0.0954. The zero-order valence-electron chi connectivity index (χ0n) is 15.8. The third kappa shape index (κ3) is 3.69. The lowest BCUT2D eigenvalue weighted by Crippen LogP contribution is -2.35. The Kier molecular flexibility index (Phi) is 4.66. The highest BCUT2D eigenvalue weighted by atomic mass is 16.6. The molecule has 5 rings (SSSR count). The Morgan fingerprint density at radius 3 is 2.48 bits per heavy atom. The zero-order valence-corrected chi connectivity index (χ0v) is 15.8. The van der Waals surface area contributed by atoms with Gasteiger partial charge in [0.2, 0.25) is 0 Å². The van der Waals surface area contributed by atoms with Gasteiger partial charge in [0.25, 0.3) is 0 Å². The van der Waals surface area contributed by atoms with Gasteiger partial charge < -0.3 is 14.8 Å². The molecule has 29 heavy (non-hydrogen) atoms. The van der Waals surface area contributed by atoms with Crippen LogP contribution < -0.4 is 14.8 Å². The number of rotatable bonds is 5. The van der Waals surface area contributed by atoms with Crippen molar-refractivity contribution in [1.82, 2.24) is 15.2 Å². The Bertz CT molecular complexity index is 1130. The fraction of sp³-hybridized carbons (Fsp3) is 0.174. The van der Waals surface area contributed by atoms with Crippen molar-refractivity contribution >= 4 is 16.6 Å². The number of hydrogen-bond donors (Lipinski definition) is 1. The van der Waals surface area contributed by atoms with Crippen LogP contribution in [0.2, 0.25) is 0 Å². The van der Waals surface area contributed by atoms with Gasteiger partial charge in [-0.3, -0.25) is 4.98 Å². The fourth-order valence-corrected chi connectivity index (χ4v) is 3.49. The Labute approximate surface area is 168 Å². The Morgan fingerprint density at radius 1 is 0.862 bits per heavy atom. The Morgan fingerprint density at radius 2 is 1.62 bits per heavy atom. The monoisotopic (exact) mass is 384 g/mol. The maximum atomic E-state index is 6.03. The summed E-state index contributed by atoms with van der Waals surface area (Å²) >= 11 is 0. The van der Waals surface area contributed by atoms with E-state index in [1.807, 2.05) is 48.5 Å². The third-order valence-corrected chi connectivity index (χ3v) is 4.95. The standard InChI is InChI=1S/C23H20N4O2/c1-2-6-19-18(5-1)20(13-16-9-11-24-12-10-16)26-27-23(19)25-14-17-15-28-21-7-3-4-8-22(21)29-17/h1-12,17H,13-15H2,(H,25,27). The van der Waals surface area contributed by atoms with Crippen molar-refractivity contribution in [1.29, 1.82) is 0 Å². The average Bonchev–Trinajstić information content (AvgIpc) is 2.79. The van der Waals surface area contributed by atoms with E-state index in [2.05, 4.69) is 32.6 Å². The fourth-order valence-electron chi connectivity index (χ4n) is 3.49. The van der Waals surface area contributed by atoms with E-state index in [-0.39, 0.29) is 6.10 Å². The molecule has 0 fully saturated rings. The van der Waals surface area contributed by atoms with Gasteiger partial charge in [0.15, 0.2) is 17.3 Å². The molecule has 144 valence electrons. The van der Waals surface area contributed by atoms with Crippen LogP contribution in [0, 0.1) is 0 Å². The van der Waals surface area contributed by atoms with Gasteiger partial charge in [0.05, 0.1) is 12.2 Å². The highest BCUT2D eigenvalue weighted by molar-refractivity contribution is 5.93. The molecule has 0 saturated heterocycles. The maximum Gasteiger partial charge on any atom is 0.161 e.